The van der Waals surface area contributed by atoms with Crippen molar-refractivity contribution in [2.75, 3.05) is 40.5 Å². The summed E-state index contributed by atoms with van der Waals surface area (Å²) in [5.41, 5.74) is 2.42. The van der Waals surface area contributed by atoms with E-state index in [2.05, 4.69) is 62.4 Å². The van der Waals surface area contributed by atoms with Gasteiger partial charge in [-0.15, -0.1) is 10.2 Å². The van der Waals surface area contributed by atoms with Gasteiger partial charge in [-0.2, -0.15) is 0 Å². The molecule has 8 heteroatoms. The largest absolute Gasteiger partial charge is 0.496 e. The Morgan fingerprint density at radius 3 is 2.80 bits per heavy atom. The zero-order chi connectivity index (χ0) is 21.4. The fourth-order valence-corrected chi connectivity index (χ4v) is 4.05. The van der Waals surface area contributed by atoms with Gasteiger partial charge in [0.05, 0.1) is 7.11 Å². The van der Waals surface area contributed by atoms with Crippen molar-refractivity contribution in [3.8, 4) is 5.75 Å². The van der Waals surface area contributed by atoms with Gasteiger partial charge in [-0.25, -0.2) is 0 Å². The standard InChI is InChI=1S/C22H34N6O2/c1-5-20-27-26-16-28(20)11-10-24-21(23-3)25-15-22(8-12-30-13-9-22)18-14-17(2)6-7-19(18)29-4/h6-7,14,16H,5,8-13,15H2,1-4H3,(H2,23,24,25). The molecule has 1 aliphatic heterocycles. The van der Waals surface area contributed by atoms with Gasteiger partial charge in [0.15, 0.2) is 5.96 Å². The molecule has 30 heavy (non-hydrogen) atoms. The molecule has 164 valence electrons. The van der Waals surface area contributed by atoms with Crippen LogP contribution in [0, 0.1) is 6.92 Å². The second kappa shape index (κ2) is 10.4. The Bertz CT molecular complexity index is 842. The topological polar surface area (TPSA) is 85.6 Å². The van der Waals surface area contributed by atoms with Crippen molar-refractivity contribution >= 4 is 5.96 Å². The third kappa shape index (κ3) is 5.11. The molecule has 0 aliphatic carbocycles. The maximum atomic E-state index is 5.71. The van der Waals surface area contributed by atoms with E-state index in [1.54, 1.807) is 20.5 Å². The Morgan fingerprint density at radius 2 is 2.10 bits per heavy atom. The Balaban J connectivity index is 1.67. The second-order valence-electron chi connectivity index (χ2n) is 7.74. The van der Waals surface area contributed by atoms with Crippen molar-refractivity contribution in [3.05, 3.63) is 41.5 Å². The van der Waals surface area contributed by atoms with Gasteiger partial charge in [-0.05, 0) is 25.8 Å². The van der Waals surface area contributed by atoms with Crippen LogP contribution in [-0.4, -0.2) is 61.2 Å². The molecule has 8 nitrogen and oxygen atoms in total. The number of aliphatic imine (C=N–C) groups is 1. The smallest absolute Gasteiger partial charge is 0.191 e. The van der Waals surface area contributed by atoms with Crippen LogP contribution in [0.4, 0.5) is 0 Å². The quantitative estimate of drug-likeness (QED) is 0.508. The number of guanidine groups is 1. The molecular formula is C22H34N6O2. The van der Waals surface area contributed by atoms with E-state index in [-0.39, 0.29) is 5.41 Å². The molecule has 0 amide bonds. The first-order chi connectivity index (χ1) is 14.6. The summed E-state index contributed by atoms with van der Waals surface area (Å²) in [7, 11) is 3.54. The minimum atomic E-state index is -0.0586. The summed E-state index contributed by atoms with van der Waals surface area (Å²) in [5, 5.41) is 15.1. The Kier molecular flexibility index (Phi) is 7.68. The van der Waals surface area contributed by atoms with E-state index in [0.29, 0.717) is 0 Å². The van der Waals surface area contributed by atoms with E-state index < -0.39 is 0 Å². The lowest BCUT2D eigenvalue weighted by Crippen LogP contribution is -2.48. The molecule has 1 saturated heterocycles. The van der Waals surface area contributed by atoms with Crippen molar-refractivity contribution in [1.29, 1.82) is 0 Å². The van der Waals surface area contributed by atoms with Gasteiger partial charge in [0.1, 0.15) is 17.9 Å². The molecule has 0 saturated carbocycles. The number of aromatic nitrogens is 3. The normalized spacial score (nSPS) is 16.3. The monoisotopic (exact) mass is 414 g/mol. The van der Waals surface area contributed by atoms with Crippen LogP contribution in [-0.2, 0) is 23.1 Å². The summed E-state index contributed by atoms with van der Waals surface area (Å²) in [6.45, 7) is 8.01. The van der Waals surface area contributed by atoms with Crippen molar-refractivity contribution in [3.63, 3.8) is 0 Å². The Morgan fingerprint density at radius 1 is 1.30 bits per heavy atom. The van der Waals surface area contributed by atoms with E-state index in [0.717, 1.165) is 69.6 Å². The highest BCUT2D eigenvalue weighted by Gasteiger charge is 2.37. The number of rotatable bonds is 8. The molecule has 3 rings (SSSR count). The van der Waals surface area contributed by atoms with Crippen molar-refractivity contribution < 1.29 is 9.47 Å². The third-order valence-corrected chi connectivity index (χ3v) is 5.85. The van der Waals surface area contributed by atoms with Crippen LogP contribution in [0.5, 0.6) is 5.75 Å². The SMILES string of the molecule is CCc1nncn1CCNC(=NC)NCC1(c2cc(C)ccc2OC)CCOCC1. The van der Waals surface area contributed by atoms with Crippen molar-refractivity contribution in [2.24, 2.45) is 4.99 Å². The Hall–Kier alpha value is -2.61. The van der Waals surface area contributed by atoms with Crippen LogP contribution in [0.25, 0.3) is 0 Å². The number of nitrogens with zero attached hydrogens (tertiary/aromatic N) is 4. The molecule has 2 heterocycles. The van der Waals surface area contributed by atoms with Gasteiger partial charge in [-0.1, -0.05) is 24.6 Å². The van der Waals surface area contributed by atoms with Gasteiger partial charge in [0.25, 0.3) is 0 Å². The Labute approximate surface area is 179 Å². The number of aryl methyl sites for hydroxylation is 2. The highest BCUT2D eigenvalue weighted by atomic mass is 16.5. The molecule has 0 atom stereocenters. The molecule has 1 aliphatic rings. The molecule has 2 aromatic rings. The van der Waals surface area contributed by atoms with E-state index in [4.69, 9.17) is 9.47 Å². The van der Waals surface area contributed by atoms with Crippen LogP contribution < -0.4 is 15.4 Å². The summed E-state index contributed by atoms with van der Waals surface area (Å²) >= 11 is 0. The highest BCUT2D eigenvalue weighted by molar-refractivity contribution is 5.79. The number of hydrogen-bond donors (Lipinski definition) is 2. The average molecular weight is 415 g/mol. The number of methoxy groups -OCH3 is 1. The average Bonchev–Trinajstić information content (AvgIpc) is 3.24. The highest BCUT2D eigenvalue weighted by Crippen LogP contribution is 2.40. The molecule has 0 unspecified atom stereocenters. The van der Waals surface area contributed by atoms with Gasteiger partial charge >= 0.3 is 0 Å². The maximum Gasteiger partial charge on any atom is 0.191 e. The van der Waals surface area contributed by atoms with Gasteiger partial charge in [0.2, 0.25) is 0 Å². The molecular weight excluding hydrogens is 380 g/mol. The lowest BCUT2D eigenvalue weighted by atomic mass is 9.73. The molecule has 2 N–H and O–H groups in total. The van der Waals surface area contributed by atoms with Crippen LogP contribution in [0.15, 0.2) is 29.5 Å². The first kappa shape index (κ1) is 22.1. The molecule has 0 bridgehead atoms. The van der Waals surface area contributed by atoms with Crippen LogP contribution in [0.1, 0.15) is 36.7 Å². The van der Waals surface area contributed by atoms with E-state index in [1.165, 1.54) is 11.1 Å². The fraction of sp³-hybridized carbons (Fsp3) is 0.591. The summed E-state index contributed by atoms with van der Waals surface area (Å²) in [5.74, 6) is 2.72. The molecule has 1 aromatic carbocycles. The van der Waals surface area contributed by atoms with Gasteiger partial charge < -0.3 is 24.7 Å². The summed E-state index contributed by atoms with van der Waals surface area (Å²) in [6, 6.07) is 6.42. The number of benzene rings is 1. The second-order valence-corrected chi connectivity index (χ2v) is 7.74. The van der Waals surface area contributed by atoms with E-state index >= 15 is 0 Å². The van der Waals surface area contributed by atoms with Crippen molar-refractivity contribution in [1.82, 2.24) is 25.4 Å². The van der Waals surface area contributed by atoms with E-state index in [9.17, 15) is 0 Å². The fourth-order valence-electron chi connectivity index (χ4n) is 4.05. The third-order valence-electron chi connectivity index (χ3n) is 5.85. The summed E-state index contributed by atoms with van der Waals surface area (Å²) in [4.78, 5) is 4.41. The van der Waals surface area contributed by atoms with Gasteiger partial charge in [0, 0.05) is 57.3 Å². The first-order valence-corrected chi connectivity index (χ1v) is 10.7. The number of hydrogen-bond acceptors (Lipinski definition) is 5. The molecule has 1 aromatic heterocycles. The van der Waals surface area contributed by atoms with Crippen LogP contribution >= 0.6 is 0 Å². The zero-order valence-electron chi connectivity index (χ0n) is 18.6. The maximum absolute atomic E-state index is 5.71. The summed E-state index contributed by atoms with van der Waals surface area (Å²) < 4.78 is 13.5. The number of nitrogens with one attached hydrogen (secondary N) is 2. The van der Waals surface area contributed by atoms with Crippen LogP contribution in [0.2, 0.25) is 0 Å². The zero-order valence-corrected chi connectivity index (χ0v) is 18.6. The minimum absolute atomic E-state index is 0.0586. The number of ether oxygens (including phenoxy) is 2. The molecule has 1 fully saturated rings. The summed E-state index contributed by atoms with van der Waals surface area (Å²) in [6.07, 6.45) is 4.53. The van der Waals surface area contributed by atoms with E-state index in [1.807, 2.05) is 0 Å². The lowest BCUT2D eigenvalue weighted by molar-refractivity contribution is 0.0505. The van der Waals surface area contributed by atoms with Gasteiger partial charge in [-0.3, -0.25) is 4.99 Å². The molecule has 0 radical (unpaired) electrons. The first-order valence-electron chi connectivity index (χ1n) is 10.7. The minimum Gasteiger partial charge on any atom is -0.496 e. The lowest BCUT2D eigenvalue weighted by Gasteiger charge is -2.39. The molecule has 0 spiro atoms. The predicted octanol–water partition coefficient (Wildman–Crippen LogP) is 2.07. The predicted molar refractivity (Wildman–Crippen MR) is 118 cm³/mol. The van der Waals surface area contributed by atoms with Crippen LogP contribution in [0.3, 0.4) is 0 Å². The van der Waals surface area contributed by atoms with Crippen molar-refractivity contribution in [2.45, 2.75) is 45.1 Å².